The molecule has 1 N–H and O–H groups in total. The van der Waals surface area contributed by atoms with Gasteiger partial charge in [-0.3, -0.25) is 4.90 Å². The molecule has 19 heavy (non-hydrogen) atoms. The van der Waals surface area contributed by atoms with Crippen LogP contribution in [-0.4, -0.2) is 42.4 Å². The number of rotatable bonds is 3. The third-order valence-electron chi connectivity index (χ3n) is 4.19. The summed E-state index contributed by atoms with van der Waals surface area (Å²) in [6.45, 7) is 3.25. The number of benzene rings is 1. The van der Waals surface area contributed by atoms with Crippen molar-refractivity contribution in [3.8, 4) is 5.75 Å². The van der Waals surface area contributed by atoms with E-state index in [9.17, 15) is 4.39 Å². The number of aliphatic hydroxyl groups is 1. The molecule has 0 aliphatic carbocycles. The van der Waals surface area contributed by atoms with E-state index < -0.39 is 0 Å². The van der Waals surface area contributed by atoms with Gasteiger partial charge in [0.2, 0.25) is 0 Å². The average molecular weight is 265 g/mol. The summed E-state index contributed by atoms with van der Waals surface area (Å²) < 4.78 is 19.0. The number of hydrogen-bond acceptors (Lipinski definition) is 3. The summed E-state index contributed by atoms with van der Waals surface area (Å²) in [6.07, 6.45) is 3.06. The van der Waals surface area contributed by atoms with Crippen molar-refractivity contribution in [3.63, 3.8) is 0 Å². The second-order valence-electron chi connectivity index (χ2n) is 5.62. The molecule has 104 valence electrons. The van der Waals surface area contributed by atoms with Crippen molar-refractivity contribution >= 4 is 0 Å². The van der Waals surface area contributed by atoms with Crippen LogP contribution < -0.4 is 4.74 Å². The highest BCUT2D eigenvalue weighted by Crippen LogP contribution is 2.30. The molecule has 1 saturated heterocycles. The largest absolute Gasteiger partial charge is 0.488 e. The monoisotopic (exact) mass is 265 g/mol. The van der Waals surface area contributed by atoms with Crippen molar-refractivity contribution in [1.29, 1.82) is 0 Å². The Morgan fingerprint density at radius 1 is 1.32 bits per heavy atom. The van der Waals surface area contributed by atoms with Crippen LogP contribution in [0.4, 0.5) is 4.39 Å². The van der Waals surface area contributed by atoms with Gasteiger partial charge < -0.3 is 9.84 Å². The number of aliphatic hydroxyl groups excluding tert-OH is 1. The van der Waals surface area contributed by atoms with Crippen molar-refractivity contribution in [3.05, 3.63) is 29.6 Å². The molecule has 3 rings (SSSR count). The van der Waals surface area contributed by atoms with Crippen LogP contribution in [0.15, 0.2) is 18.2 Å². The molecule has 1 atom stereocenters. The summed E-state index contributed by atoms with van der Waals surface area (Å²) in [6, 6.07) is 4.75. The number of likely N-dealkylation sites (tertiary alicyclic amines) is 1. The van der Waals surface area contributed by atoms with Crippen LogP contribution in [0.2, 0.25) is 0 Å². The van der Waals surface area contributed by atoms with Gasteiger partial charge in [-0.2, -0.15) is 0 Å². The minimum absolute atomic E-state index is 0.141. The van der Waals surface area contributed by atoms with E-state index in [0.717, 1.165) is 50.2 Å². The second-order valence-corrected chi connectivity index (χ2v) is 5.62. The fourth-order valence-corrected chi connectivity index (χ4v) is 3.03. The molecule has 1 aromatic rings. The lowest BCUT2D eigenvalue weighted by Crippen LogP contribution is -2.40. The van der Waals surface area contributed by atoms with Crippen molar-refractivity contribution in [1.82, 2.24) is 4.90 Å². The standard InChI is InChI=1S/C15H20FNO2/c16-13-1-2-15-12(7-13)8-14(19-15)9-17-5-3-11(10-18)4-6-17/h1-2,7,11,14,18H,3-6,8-10H2. The van der Waals surface area contributed by atoms with E-state index in [4.69, 9.17) is 9.84 Å². The van der Waals surface area contributed by atoms with Crippen LogP contribution in [-0.2, 0) is 6.42 Å². The summed E-state index contributed by atoms with van der Waals surface area (Å²) in [4.78, 5) is 2.39. The molecule has 2 aliphatic heterocycles. The van der Waals surface area contributed by atoms with E-state index in [0.29, 0.717) is 12.5 Å². The van der Waals surface area contributed by atoms with Crippen LogP contribution in [0.25, 0.3) is 0 Å². The Kier molecular flexibility index (Phi) is 3.71. The van der Waals surface area contributed by atoms with Crippen molar-refractivity contribution in [2.75, 3.05) is 26.2 Å². The summed E-state index contributed by atoms with van der Waals surface area (Å²) >= 11 is 0. The van der Waals surface area contributed by atoms with Gasteiger partial charge in [0.1, 0.15) is 17.7 Å². The summed E-state index contributed by atoms with van der Waals surface area (Å²) in [5.41, 5.74) is 0.982. The zero-order valence-electron chi connectivity index (χ0n) is 11.0. The predicted molar refractivity (Wildman–Crippen MR) is 70.8 cm³/mol. The Bertz CT molecular complexity index is 444. The zero-order valence-corrected chi connectivity index (χ0v) is 11.0. The molecular weight excluding hydrogens is 245 g/mol. The summed E-state index contributed by atoms with van der Waals surface area (Å²) in [7, 11) is 0. The predicted octanol–water partition coefficient (Wildman–Crippen LogP) is 1.83. The first-order valence-corrected chi connectivity index (χ1v) is 7.03. The smallest absolute Gasteiger partial charge is 0.123 e. The summed E-state index contributed by atoms with van der Waals surface area (Å²) in [5.74, 6) is 1.11. The molecular formula is C15H20FNO2. The molecule has 4 heteroatoms. The van der Waals surface area contributed by atoms with Gasteiger partial charge in [-0.15, -0.1) is 0 Å². The number of nitrogens with zero attached hydrogens (tertiary/aromatic N) is 1. The molecule has 3 nitrogen and oxygen atoms in total. The maximum atomic E-state index is 13.1. The second kappa shape index (κ2) is 5.47. The molecule has 0 radical (unpaired) electrons. The third-order valence-corrected chi connectivity index (χ3v) is 4.19. The topological polar surface area (TPSA) is 32.7 Å². The van der Waals surface area contributed by atoms with E-state index in [1.165, 1.54) is 6.07 Å². The number of hydrogen-bond donors (Lipinski definition) is 1. The number of piperidine rings is 1. The first-order chi connectivity index (χ1) is 9.24. The highest BCUT2D eigenvalue weighted by atomic mass is 19.1. The Labute approximate surface area is 113 Å². The van der Waals surface area contributed by atoms with Gasteiger partial charge in [0.25, 0.3) is 0 Å². The fraction of sp³-hybridized carbons (Fsp3) is 0.600. The maximum Gasteiger partial charge on any atom is 0.123 e. The Morgan fingerprint density at radius 2 is 2.11 bits per heavy atom. The fourth-order valence-electron chi connectivity index (χ4n) is 3.03. The maximum absolute atomic E-state index is 13.1. The molecule has 1 aromatic carbocycles. The third kappa shape index (κ3) is 2.90. The van der Waals surface area contributed by atoms with Crippen LogP contribution in [0.3, 0.4) is 0 Å². The normalized spacial score (nSPS) is 24.2. The lowest BCUT2D eigenvalue weighted by molar-refractivity contribution is 0.0959. The van der Waals surface area contributed by atoms with Gasteiger partial charge in [0.15, 0.2) is 0 Å². The van der Waals surface area contributed by atoms with E-state index in [-0.39, 0.29) is 11.9 Å². The highest BCUT2D eigenvalue weighted by molar-refractivity contribution is 5.37. The quantitative estimate of drug-likeness (QED) is 0.905. The minimum atomic E-state index is -0.188. The van der Waals surface area contributed by atoms with Gasteiger partial charge in [-0.25, -0.2) is 4.39 Å². The van der Waals surface area contributed by atoms with Gasteiger partial charge in [0.05, 0.1) is 0 Å². The van der Waals surface area contributed by atoms with E-state index in [2.05, 4.69) is 4.90 Å². The average Bonchev–Trinajstić information content (AvgIpc) is 2.81. The highest BCUT2D eigenvalue weighted by Gasteiger charge is 2.27. The molecule has 0 spiro atoms. The molecule has 2 heterocycles. The van der Waals surface area contributed by atoms with Gasteiger partial charge in [0, 0.05) is 25.1 Å². The number of fused-ring (bicyclic) bond motifs is 1. The van der Waals surface area contributed by atoms with E-state index in [1.54, 1.807) is 12.1 Å². The lowest BCUT2D eigenvalue weighted by atomic mass is 9.97. The van der Waals surface area contributed by atoms with Crippen LogP contribution in [0, 0.1) is 11.7 Å². The molecule has 2 aliphatic rings. The van der Waals surface area contributed by atoms with Gasteiger partial charge >= 0.3 is 0 Å². The first kappa shape index (κ1) is 12.9. The molecule has 1 fully saturated rings. The number of ether oxygens (including phenoxy) is 1. The minimum Gasteiger partial charge on any atom is -0.488 e. The SMILES string of the molecule is OCC1CCN(CC2Cc3cc(F)ccc3O2)CC1. The molecule has 0 aromatic heterocycles. The van der Waals surface area contributed by atoms with Crippen molar-refractivity contribution in [2.45, 2.75) is 25.4 Å². The zero-order chi connectivity index (χ0) is 13.2. The Morgan fingerprint density at radius 3 is 2.84 bits per heavy atom. The van der Waals surface area contributed by atoms with Crippen LogP contribution in [0.1, 0.15) is 18.4 Å². The van der Waals surface area contributed by atoms with Crippen molar-refractivity contribution in [2.24, 2.45) is 5.92 Å². The summed E-state index contributed by atoms with van der Waals surface area (Å²) in [5, 5.41) is 9.13. The molecule has 1 unspecified atom stereocenters. The molecule has 0 amide bonds. The van der Waals surface area contributed by atoms with Gasteiger partial charge in [-0.1, -0.05) is 0 Å². The number of halogens is 1. The van der Waals surface area contributed by atoms with Crippen LogP contribution >= 0.6 is 0 Å². The van der Waals surface area contributed by atoms with E-state index >= 15 is 0 Å². The van der Waals surface area contributed by atoms with Crippen LogP contribution in [0.5, 0.6) is 5.75 Å². The molecule has 0 bridgehead atoms. The van der Waals surface area contributed by atoms with Gasteiger partial charge in [-0.05, 0) is 50.0 Å². The molecule has 0 saturated carbocycles. The van der Waals surface area contributed by atoms with E-state index in [1.807, 2.05) is 0 Å². The van der Waals surface area contributed by atoms with Crippen molar-refractivity contribution < 1.29 is 14.2 Å². The Balaban J connectivity index is 1.53. The Hall–Kier alpha value is -1.13. The lowest BCUT2D eigenvalue weighted by Gasteiger charge is -2.32. The first-order valence-electron chi connectivity index (χ1n) is 7.03.